The topological polar surface area (TPSA) is 38.3 Å². The predicted octanol–water partition coefficient (Wildman–Crippen LogP) is -0.0870. The van der Waals surface area contributed by atoms with Crippen LogP contribution in [0, 0.1) is 5.41 Å². The zero-order valence-corrected chi connectivity index (χ0v) is 5.85. The highest BCUT2D eigenvalue weighted by atomic mass is 16.5. The SMILES string of the molecule is O=C1OCC[C@@]12CCNC2. The van der Waals surface area contributed by atoms with E-state index in [1.807, 2.05) is 0 Å². The van der Waals surface area contributed by atoms with E-state index < -0.39 is 0 Å². The van der Waals surface area contributed by atoms with Crippen LogP contribution in [-0.4, -0.2) is 25.7 Å². The van der Waals surface area contributed by atoms with Crippen LogP contribution in [0.25, 0.3) is 0 Å². The van der Waals surface area contributed by atoms with Crippen LogP contribution in [0.2, 0.25) is 0 Å². The fourth-order valence-electron chi connectivity index (χ4n) is 1.73. The lowest BCUT2D eigenvalue weighted by Gasteiger charge is -2.14. The Morgan fingerprint density at radius 1 is 1.50 bits per heavy atom. The van der Waals surface area contributed by atoms with Gasteiger partial charge in [-0.25, -0.2) is 0 Å². The summed E-state index contributed by atoms with van der Waals surface area (Å²) < 4.78 is 4.91. The third-order valence-corrected chi connectivity index (χ3v) is 2.49. The highest BCUT2D eigenvalue weighted by Gasteiger charge is 2.46. The maximum absolute atomic E-state index is 11.1. The molecule has 0 radical (unpaired) electrons. The first-order valence-electron chi connectivity index (χ1n) is 3.71. The molecule has 2 aliphatic heterocycles. The number of cyclic esters (lactones) is 1. The Balaban J connectivity index is 2.19. The molecule has 0 saturated carbocycles. The van der Waals surface area contributed by atoms with E-state index in [0.717, 1.165) is 25.9 Å². The van der Waals surface area contributed by atoms with Crippen molar-refractivity contribution < 1.29 is 9.53 Å². The summed E-state index contributed by atoms with van der Waals surface area (Å²) in [6.45, 7) is 2.42. The molecule has 1 atom stereocenters. The molecule has 3 nitrogen and oxygen atoms in total. The standard InChI is InChI=1S/C7H11NO2/c9-6-7(2-4-10-6)1-3-8-5-7/h8H,1-5H2/t7-/m1/s1. The smallest absolute Gasteiger partial charge is 0.313 e. The second-order valence-corrected chi connectivity index (χ2v) is 3.09. The van der Waals surface area contributed by atoms with Crippen molar-refractivity contribution in [2.24, 2.45) is 5.41 Å². The third kappa shape index (κ3) is 0.669. The summed E-state index contributed by atoms with van der Waals surface area (Å²) in [7, 11) is 0. The van der Waals surface area contributed by atoms with Crippen LogP contribution in [0.3, 0.4) is 0 Å². The molecule has 56 valence electrons. The first-order chi connectivity index (χ1) is 4.83. The van der Waals surface area contributed by atoms with Crippen LogP contribution >= 0.6 is 0 Å². The Morgan fingerprint density at radius 3 is 2.90 bits per heavy atom. The fraction of sp³-hybridized carbons (Fsp3) is 0.857. The molecule has 1 N–H and O–H groups in total. The van der Waals surface area contributed by atoms with Crippen molar-refractivity contribution in [2.75, 3.05) is 19.7 Å². The minimum absolute atomic E-state index is 0.0116. The minimum Gasteiger partial charge on any atom is -0.465 e. The van der Waals surface area contributed by atoms with Gasteiger partial charge in [-0.15, -0.1) is 0 Å². The van der Waals surface area contributed by atoms with Crippen molar-refractivity contribution in [1.82, 2.24) is 5.32 Å². The molecule has 0 bridgehead atoms. The zero-order valence-electron chi connectivity index (χ0n) is 5.85. The van der Waals surface area contributed by atoms with E-state index in [1.165, 1.54) is 0 Å². The van der Waals surface area contributed by atoms with Crippen LogP contribution in [0.5, 0.6) is 0 Å². The van der Waals surface area contributed by atoms with Gasteiger partial charge in [0.2, 0.25) is 0 Å². The van der Waals surface area contributed by atoms with Gasteiger partial charge in [0.05, 0.1) is 12.0 Å². The highest BCUT2D eigenvalue weighted by Crippen LogP contribution is 2.35. The molecule has 0 aromatic rings. The maximum Gasteiger partial charge on any atom is 0.313 e. The van der Waals surface area contributed by atoms with Crippen LogP contribution in [0.4, 0.5) is 0 Å². The number of rotatable bonds is 0. The van der Waals surface area contributed by atoms with Crippen LogP contribution in [0.15, 0.2) is 0 Å². The average molecular weight is 141 g/mol. The molecular weight excluding hydrogens is 130 g/mol. The van der Waals surface area contributed by atoms with Gasteiger partial charge in [0.1, 0.15) is 0 Å². The van der Waals surface area contributed by atoms with E-state index in [2.05, 4.69) is 5.32 Å². The first kappa shape index (κ1) is 6.16. The molecule has 0 aliphatic carbocycles. The lowest BCUT2D eigenvalue weighted by Crippen LogP contribution is -2.28. The summed E-state index contributed by atoms with van der Waals surface area (Å²) in [6, 6.07) is 0. The van der Waals surface area contributed by atoms with E-state index in [4.69, 9.17) is 4.74 Å². The van der Waals surface area contributed by atoms with Crippen molar-refractivity contribution in [3.63, 3.8) is 0 Å². The Morgan fingerprint density at radius 2 is 2.40 bits per heavy atom. The zero-order chi connectivity index (χ0) is 7.03. The van der Waals surface area contributed by atoms with Crippen molar-refractivity contribution in [2.45, 2.75) is 12.8 Å². The number of hydrogen-bond donors (Lipinski definition) is 1. The molecule has 0 aromatic heterocycles. The molecule has 2 saturated heterocycles. The van der Waals surface area contributed by atoms with E-state index in [1.54, 1.807) is 0 Å². The first-order valence-corrected chi connectivity index (χ1v) is 3.71. The number of nitrogens with one attached hydrogen (secondary N) is 1. The summed E-state index contributed by atoms with van der Waals surface area (Å²) in [5.41, 5.74) is -0.125. The van der Waals surface area contributed by atoms with Crippen LogP contribution in [-0.2, 0) is 9.53 Å². The Kier molecular flexibility index (Phi) is 1.20. The predicted molar refractivity (Wildman–Crippen MR) is 35.5 cm³/mol. The van der Waals surface area contributed by atoms with Gasteiger partial charge >= 0.3 is 5.97 Å². The fourth-order valence-corrected chi connectivity index (χ4v) is 1.73. The lowest BCUT2D eigenvalue weighted by atomic mass is 9.86. The van der Waals surface area contributed by atoms with E-state index in [-0.39, 0.29) is 11.4 Å². The molecule has 2 aliphatic rings. The van der Waals surface area contributed by atoms with E-state index in [0.29, 0.717) is 6.61 Å². The number of esters is 1. The van der Waals surface area contributed by atoms with Gasteiger partial charge in [-0.1, -0.05) is 0 Å². The summed E-state index contributed by atoms with van der Waals surface area (Å²) in [6.07, 6.45) is 1.88. The largest absolute Gasteiger partial charge is 0.465 e. The molecule has 2 rings (SSSR count). The van der Waals surface area contributed by atoms with E-state index in [9.17, 15) is 4.79 Å². The summed E-state index contributed by atoms with van der Waals surface area (Å²) >= 11 is 0. The van der Waals surface area contributed by atoms with Crippen LogP contribution < -0.4 is 5.32 Å². The summed E-state index contributed by atoms with van der Waals surface area (Å²) in [5, 5.41) is 3.18. The van der Waals surface area contributed by atoms with Gasteiger partial charge in [0, 0.05) is 6.54 Å². The van der Waals surface area contributed by atoms with Gasteiger partial charge in [-0.2, -0.15) is 0 Å². The van der Waals surface area contributed by atoms with Gasteiger partial charge in [0.25, 0.3) is 0 Å². The molecule has 10 heavy (non-hydrogen) atoms. The second-order valence-electron chi connectivity index (χ2n) is 3.09. The summed E-state index contributed by atoms with van der Waals surface area (Å²) in [4.78, 5) is 11.1. The molecule has 2 heterocycles. The highest BCUT2D eigenvalue weighted by molar-refractivity contribution is 5.79. The van der Waals surface area contributed by atoms with Gasteiger partial charge in [-0.05, 0) is 19.4 Å². The van der Waals surface area contributed by atoms with Crippen molar-refractivity contribution in [3.05, 3.63) is 0 Å². The molecule has 3 heteroatoms. The molecule has 0 unspecified atom stereocenters. The summed E-state index contributed by atoms with van der Waals surface area (Å²) in [5.74, 6) is 0.0116. The average Bonchev–Trinajstić information content (AvgIpc) is 2.48. The number of ether oxygens (including phenoxy) is 1. The van der Waals surface area contributed by atoms with Crippen molar-refractivity contribution in [3.8, 4) is 0 Å². The van der Waals surface area contributed by atoms with Crippen LogP contribution in [0.1, 0.15) is 12.8 Å². The van der Waals surface area contributed by atoms with Gasteiger partial charge in [0.15, 0.2) is 0 Å². The second kappa shape index (κ2) is 1.95. The Hall–Kier alpha value is -0.570. The molecule has 1 spiro atoms. The Labute approximate surface area is 59.7 Å². The van der Waals surface area contributed by atoms with Crippen molar-refractivity contribution in [1.29, 1.82) is 0 Å². The van der Waals surface area contributed by atoms with Gasteiger partial charge in [-0.3, -0.25) is 4.79 Å². The molecule has 0 amide bonds. The number of carbonyl (C=O) groups is 1. The van der Waals surface area contributed by atoms with E-state index >= 15 is 0 Å². The maximum atomic E-state index is 11.1. The molecular formula is C7H11NO2. The lowest BCUT2D eigenvalue weighted by molar-refractivity contribution is -0.145. The normalized spacial score (nSPS) is 39.0. The van der Waals surface area contributed by atoms with Gasteiger partial charge < -0.3 is 10.1 Å². The monoisotopic (exact) mass is 141 g/mol. The minimum atomic E-state index is -0.125. The third-order valence-electron chi connectivity index (χ3n) is 2.49. The number of carbonyl (C=O) groups excluding carboxylic acids is 1. The Bertz CT molecular complexity index is 155. The van der Waals surface area contributed by atoms with Crippen molar-refractivity contribution >= 4 is 5.97 Å². The molecule has 0 aromatic carbocycles. The quantitative estimate of drug-likeness (QED) is 0.479. The molecule has 2 fully saturated rings. The number of hydrogen-bond acceptors (Lipinski definition) is 3.